The zero-order chi connectivity index (χ0) is 13.7. The van der Waals surface area contributed by atoms with Crippen LogP contribution < -0.4 is 5.32 Å². The summed E-state index contributed by atoms with van der Waals surface area (Å²) in [7, 11) is 0. The first kappa shape index (κ1) is 13.7. The van der Waals surface area contributed by atoms with Gasteiger partial charge in [0.2, 0.25) is 0 Å². The normalized spacial score (nSPS) is 12.4. The smallest absolute Gasteiger partial charge is 0.128 e. The van der Waals surface area contributed by atoms with Gasteiger partial charge in [0.25, 0.3) is 0 Å². The molecule has 1 aromatic carbocycles. The number of aromatic nitrogens is 1. The molecule has 0 spiro atoms. The Morgan fingerprint density at radius 3 is 2.79 bits per heavy atom. The van der Waals surface area contributed by atoms with Gasteiger partial charge in [-0.1, -0.05) is 30.7 Å². The summed E-state index contributed by atoms with van der Waals surface area (Å²) in [6, 6.07) is 11.0. The van der Waals surface area contributed by atoms with Crippen LogP contribution in [0.1, 0.15) is 29.8 Å². The average molecular weight is 258 g/mol. The topological polar surface area (TPSA) is 24.9 Å². The van der Waals surface area contributed by atoms with E-state index in [1.165, 1.54) is 6.07 Å². The van der Waals surface area contributed by atoms with Gasteiger partial charge in [0.15, 0.2) is 0 Å². The number of pyridine rings is 1. The van der Waals surface area contributed by atoms with Crippen LogP contribution in [0.2, 0.25) is 0 Å². The van der Waals surface area contributed by atoms with E-state index in [1.807, 2.05) is 38.1 Å². The van der Waals surface area contributed by atoms with Crippen molar-refractivity contribution in [1.29, 1.82) is 0 Å². The molecule has 2 nitrogen and oxygen atoms in total. The molecule has 19 heavy (non-hydrogen) atoms. The first-order chi connectivity index (χ1) is 9.20. The molecule has 3 heteroatoms. The number of likely N-dealkylation sites (N-methyl/N-ethyl adjacent to an activating group) is 1. The molecule has 0 radical (unpaired) electrons. The van der Waals surface area contributed by atoms with Gasteiger partial charge in [-0.3, -0.25) is 4.98 Å². The lowest BCUT2D eigenvalue weighted by Crippen LogP contribution is -2.24. The summed E-state index contributed by atoms with van der Waals surface area (Å²) in [5, 5.41) is 3.34. The standard InChI is InChI=1S/C16H19FN2/c1-3-18-16(11-13-6-4-5-9-19-13)14-10-12(2)7-8-15(14)17/h4-10,16,18H,3,11H2,1-2H3. The molecule has 1 aromatic heterocycles. The number of nitrogens with one attached hydrogen (secondary N) is 1. The van der Waals surface area contributed by atoms with Crippen LogP contribution in [0.3, 0.4) is 0 Å². The van der Waals surface area contributed by atoms with Gasteiger partial charge < -0.3 is 5.32 Å². The van der Waals surface area contributed by atoms with E-state index in [2.05, 4.69) is 10.3 Å². The molecule has 0 aliphatic heterocycles. The predicted octanol–water partition coefficient (Wildman–Crippen LogP) is 3.42. The van der Waals surface area contributed by atoms with Crippen LogP contribution in [0.15, 0.2) is 42.6 Å². The molecule has 1 heterocycles. The van der Waals surface area contributed by atoms with Crippen molar-refractivity contribution in [1.82, 2.24) is 10.3 Å². The summed E-state index contributed by atoms with van der Waals surface area (Å²) in [5.41, 5.74) is 2.75. The zero-order valence-corrected chi connectivity index (χ0v) is 11.4. The van der Waals surface area contributed by atoms with E-state index in [4.69, 9.17) is 0 Å². The van der Waals surface area contributed by atoms with Crippen LogP contribution in [0.4, 0.5) is 4.39 Å². The summed E-state index contributed by atoms with van der Waals surface area (Å²) < 4.78 is 14.0. The molecule has 1 N–H and O–H groups in total. The Hall–Kier alpha value is -1.74. The molecule has 0 amide bonds. The number of benzene rings is 1. The number of aryl methyl sites for hydroxylation is 1. The highest BCUT2D eigenvalue weighted by Gasteiger charge is 2.16. The minimum absolute atomic E-state index is 0.0419. The fourth-order valence-electron chi connectivity index (χ4n) is 2.20. The van der Waals surface area contributed by atoms with Gasteiger partial charge >= 0.3 is 0 Å². The van der Waals surface area contributed by atoms with E-state index in [-0.39, 0.29) is 11.9 Å². The highest BCUT2D eigenvalue weighted by molar-refractivity contribution is 5.28. The third-order valence-electron chi connectivity index (χ3n) is 3.12. The molecule has 0 fully saturated rings. The third-order valence-corrected chi connectivity index (χ3v) is 3.12. The Labute approximate surface area is 113 Å². The van der Waals surface area contributed by atoms with Crippen molar-refractivity contribution in [2.45, 2.75) is 26.3 Å². The highest BCUT2D eigenvalue weighted by atomic mass is 19.1. The summed E-state index contributed by atoms with van der Waals surface area (Å²) in [6.45, 7) is 4.80. The summed E-state index contributed by atoms with van der Waals surface area (Å²) in [5.74, 6) is -0.160. The monoisotopic (exact) mass is 258 g/mol. The quantitative estimate of drug-likeness (QED) is 0.888. The largest absolute Gasteiger partial charge is 0.310 e. The predicted molar refractivity (Wildman–Crippen MR) is 75.5 cm³/mol. The Bertz CT molecular complexity index is 526. The lowest BCUT2D eigenvalue weighted by molar-refractivity contribution is 0.506. The number of hydrogen-bond acceptors (Lipinski definition) is 2. The molecule has 2 aromatic rings. The molecule has 0 saturated carbocycles. The zero-order valence-electron chi connectivity index (χ0n) is 11.4. The number of rotatable bonds is 5. The van der Waals surface area contributed by atoms with Crippen molar-refractivity contribution >= 4 is 0 Å². The van der Waals surface area contributed by atoms with Gasteiger partial charge in [-0.2, -0.15) is 0 Å². The summed E-state index contributed by atoms with van der Waals surface area (Å²) in [6.07, 6.45) is 2.46. The van der Waals surface area contributed by atoms with E-state index in [9.17, 15) is 4.39 Å². The maximum atomic E-state index is 14.0. The second-order valence-electron chi connectivity index (χ2n) is 4.66. The van der Waals surface area contributed by atoms with Gasteiger partial charge in [-0.15, -0.1) is 0 Å². The Morgan fingerprint density at radius 2 is 2.11 bits per heavy atom. The van der Waals surface area contributed by atoms with Crippen molar-refractivity contribution in [3.05, 3.63) is 65.2 Å². The summed E-state index contributed by atoms with van der Waals surface area (Å²) >= 11 is 0. The van der Waals surface area contributed by atoms with Crippen molar-refractivity contribution in [2.24, 2.45) is 0 Å². The van der Waals surface area contributed by atoms with Gasteiger partial charge in [0.05, 0.1) is 0 Å². The fraction of sp³-hybridized carbons (Fsp3) is 0.312. The van der Waals surface area contributed by atoms with Crippen molar-refractivity contribution in [3.63, 3.8) is 0 Å². The Kier molecular flexibility index (Phi) is 4.63. The molecule has 2 rings (SSSR count). The minimum Gasteiger partial charge on any atom is -0.310 e. The Balaban J connectivity index is 2.27. The fourth-order valence-corrected chi connectivity index (χ4v) is 2.20. The van der Waals surface area contributed by atoms with E-state index < -0.39 is 0 Å². The lowest BCUT2D eigenvalue weighted by Gasteiger charge is -2.19. The van der Waals surface area contributed by atoms with Crippen molar-refractivity contribution in [3.8, 4) is 0 Å². The van der Waals surface area contributed by atoms with E-state index in [1.54, 1.807) is 12.3 Å². The molecule has 0 aliphatic rings. The molecule has 0 aliphatic carbocycles. The molecule has 0 saturated heterocycles. The number of nitrogens with zero attached hydrogens (tertiary/aromatic N) is 1. The number of halogens is 1. The van der Waals surface area contributed by atoms with Crippen molar-refractivity contribution in [2.75, 3.05) is 6.54 Å². The Morgan fingerprint density at radius 1 is 1.26 bits per heavy atom. The molecule has 0 bridgehead atoms. The molecule has 100 valence electrons. The number of hydrogen-bond donors (Lipinski definition) is 1. The highest BCUT2D eigenvalue weighted by Crippen LogP contribution is 2.21. The molecule has 1 atom stereocenters. The van der Waals surface area contributed by atoms with E-state index in [0.717, 1.165) is 17.8 Å². The van der Waals surface area contributed by atoms with Gasteiger partial charge in [0.1, 0.15) is 5.82 Å². The van der Waals surface area contributed by atoms with Crippen molar-refractivity contribution < 1.29 is 4.39 Å². The van der Waals surface area contributed by atoms with Crippen LogP contribution in [0.5, 0.6) is 0 Å². The van der Waals surface area contributed by atoms with Crippen LogP contribution in [-0.4, -0.2) is 11.5 Å². The first-order valence-corrected chi connectivity index (χ1v) is 6.60. The second-order valence-corrected chi connectivity index (χ2v) is 4.66. The van der Waals surface area contributed by atoms with Crippen LogP contribution in [-0.2, 0) is 6.42 Å². The maximum absolute atomic E-state index is 14.0. The molecule has 1 unspecified atom stereocenters. The van der Waals surface area contributed by atoms with E-state index >= 15 is 0 Å². The third kappa shape index (κ3) is 3.61. The average Bonchev–Trinajstić information content (AvgIpc) is 2.42. The van der Waals surface area contributed by atoms with Crippen LogP contribution in [0, 0.1) is 12.7 Å². The van der Waals surface area contributed by atoms with Gasteiger partial charge in [0, 0.05) is 29.9 Å². The van der Waals surface area contributed by atoms with Gasteiger partial charge in [-0.25, -0.2) is 4.39 Å². The van der Waals surface area contributed by atoms with Crippen LogP contribution in [0.25, 0.3) is 0 Å². The molecular formula is C16H19FN2. The second kappa shape index (κ2) is 6.43. The SMILES string of the molecule is CCNC(Cc1ccccn1)c1cc(C)ccc1F. The molecular weight excluding hydrogens is 239 g/mol. The lowest BCUT2D eigenvalue weighted by atomic mass is 9.99. The minimum atomic E-state index is -0.160. The van der Waals surface area contributed by atoms with Gasteiger partial charge in [-0.05, 0) is 31.7 Å². The summed E-state index contributed by atoms with van der Waals surface area (Å²) in [4.78, 5) is 4.32. The van der Waals surface area contributed by atoms with E-state index in [0.29, 0.717) is 12.0 Å². The maximum Gasteiger partial charge on any atom is 0.128 e. The first-order valence-electron chi connectivity index (χ1n) is 6.60. The van der Waals surface area contributed by atoms with Crippen LogP contribution >= 0.6 is 0 Å².